The zero-order chi connectivity index (χ0) is 14.4. The number of hydrogen-bond donors (Lipinski definition) is 3. The molecule has 4 heteroatoms. The Morgan fingerprint density at radius 3 is 2.40 bits per heavy atom. The van der Waals surface area contributed by atoms with E-state index in [2.05, 4.69) is 5.32 Å². The molecule has 4 N–H and O–H groups in total. The summed E-state index contributed by atoms with van der Waals surface area (Å²) in [6.45, 7) is 0. The minimum atomic E-state index is -0.552. The van der Waals surface area contributed by atoms with Crippen LogP contribution < -0.4 is 11.1 Å². The highest BCUT2D eigenvalue weighted by atomic mass is 16.3. The Bertz CT molecular complexity index is 552. The van der Waals surface area contributed by atoms with Crippen molar-refractivity contribution in [1.29, 1.82) is 0 Å². The van der Waals surface area contributed by atoms with Crippen LogP contribution in [-0.2, 0) is 11.2 Å². The summed E-state index contributed by atoms with van der Waals surface area (Å²) in [5, 5.41) is 11.9. The number of anilines is 1. The van der Waals surface area contributed by atoms with Crippen LogP contribution in [0.1, 0.15) is 12.0 Å². The van der Waals surface area contributed by atoms with Crippen molar-refractivity contribution in [2.24, 2.45) is 5.73 Å². The molecule has 1 amide bonds. The van der Waals surface area contributed by atoms with Crippen molar-refractivity contribution in [3.63, 3.8) is 0 Å². The Hall–Kier alpha value is -2.33. The van der Waals surface area contributed by atoms with Gasteiger partial charge in [-0.15, -0.1) is 0 Å². The van der Waals surface area contributed by atoms with Crippen molar-refractivity contribution < 1.29 is 9.90 Å². The van der Waals surface area contributed by atoms with E-state index in [1.165, 1.54) is 17.7 Å². The molecule has 0 aliphatic heterocycles. The van der Waals surface area contributed by atoms with Gasteiger partial charge in [0, 0.05) is 5.69 Å². The van der Waals surface area contributed by atoms with E-state index in [0.29, 0.717) is 12.1 Å². The number of aryl methyl sites for hydroxylation is 1. The fourth-order valence-electron chi connectivity index (χ4n) is 1.88. The Labute approximate surface area is 118 Å². The number of phenolic OH excluding ortho intramolecular Hbond substituents is 1. The SMILES string of the molecule is N[C@@H](CCc1ccccc1)C(=O)Nc1ccc(O)cc1. The van der Waals surface area contributed by atoms with Crippen LogP contribution in [0.5, 0.6) is 5.75 Å². The second kappa shape index (κ2) is 6.73. The van der Waals surface area contributed by atoms with Gasteiger partial charge in [-0.25, -0.2) is 0 Å². The van der Waals surface area contributed by atoms with Gasteiger partial charge in [0.25, 0.3) is 0 Å². The molecule has 0 aliphatic carbocycles. The zero-order valence-electron chi connectivity index (χ0n) is 11.1. The predicted octanol–water partition coefficient (Wildman–Crippen LogP) is 2.29. The normalized spacial score (nSPS) is 11.8. The molecule has 20 heavy (non-hydrogen) atoms. The minimum Gasteiger partial charge on any atom is -0.508 e. The van der Waals surface area contributed by atoms with Gasteiger partial charge in [-0.05, 0) is 42.7 Å². The van der Waals surface area contributed by atoms with Gasteiger partial charge in [0.2, 0.25) is 5.91 Å². The summed E-state index contributed by atoms with van der Waals surface area (Å²) in [5.74, 6) is -0.0528. The average Bonchev–Trinajstić information content (AvgIpc) is 2.48. The van der Waals surface area contributed by atoms with Gasteiger partial charge >= 0.3 is 0 Å². The molecule has 0 saturated heterocycles. The summed E-state index contributed by atoms with van der Waals surface area (Å²) in [5.41, 5.74) is 7.68. The van der Waals surface area contributed by atoms with Gasteiger partial charge in [-0.2, -0.15) is 0 Å². The van der Waals surface area contributed by atoms with E-state index in [1.807, 2.05) is 30.3 Å². The fourth-order valence-corrected chi connectivity index (χ4v) is 1.88. The molecule has 0 heterocycles. The largest absolute Gasteiger partial charge is 0.508 e. The van der Waals surface area contributed by atoms with Gasteiger partial charge in [0.1, 0.15) is 5.75 Å². The molecule has 0 saturated carbocycles. The van der Waals surface area contributed by atoms with Gasteiger partial charge in [-0.1, -0.05) is 30.3 Å². The van der Waals surface area contributed by atoms with Crippen LogP contribution in [0.4, 0.5) is 5.69 Å². The van der Waals surface area contributed by atoms with Crippen LogP contribution in [0.2, 0.25) is 0 Å². The van der Waals surface area contributed by atoms with E-state index in [0.717, 1.165) is 6.42 Å². The number of phenols is 1. The van der Waals surface area contributed by atoms with Gasteiger partial charge < -0.3 is 16.2 Å². The van der Waals surface area contributed by atoms with E-state index >= 15 is 0 Å². The van der Waals surface area contributed by atoms with Crippen molar-refractivity contribution in [1.82, 2.24) is 0 Å². The van der Waals surface area contributed by atoms with E-state index < -0.39 is 6.04 Å². The van der Waals surface area contributed by atoms with E-state index in [-0.39, 0.29) is 11.7 Å². The Morgan fingerprint density at radius 2 is 1.75 bits per heavy atom. The van der Waals surface area contributed by atoms with E-state index in [9.17, 15) is 9.90 Å². The van der Waals surface area contributed by atoms with E-state index in [4.69, 9.17) is 5.73 Å². The third-order valence-electron chi connectivity index (χ3n) is 3.06. The van der Waals surface area contributed by atoms with Crippen molar-refractivity contribution in [2.75, 3.05) is 5.32 Å². The molecule has 0 bridgehead atoms. The number of aromatic hydroxyl groups is 1. The van der Waals surface area contributed by atoms with Crippen LogP contribution in [0.15, 0.2) is 54.6 Å². The number of nitrogens with two attached hydrogens (primary N) is 1. The molecule has 0 fully saturated rings. The average molecular weight is 270 g/mol. The summed E-state index contributed by atoms with van der Waals surface area (Å²) >= 11 is 0. The first kappa shape index (κ1) is 14.1. The second-order valence-corrected chi connectivity index (χ2v) is 4.67. The maximum atomic E-state index is 11.9. The van der Waals surface area contributed by atoms with Crippen molar-refractivity contribution >= 4 is 11.6 Å². The molecule has 2 rings (SSSR count). The smallest absolute Gasteiger partial charge is 0.241 e. The number of amides is 1. The van der Waals surface area contributed by atoms with Crippen molar-refractivity contribution in [2.45, 2.75) is 18.9 Å². The number of rotatable bonds is 5. The van der Waals surface area contributed by atoms with Gasteiger partial charge in [-0.3, -0.25) is 4.79 Å². The quantitative estimate of drug-likeness (QED) is 0.730. The fraction of sp³-hybridized carbons (Fsp3) is 0.188. The summed E-state index contributed by atoms with van der Waals surface area (Å²) in [4.78, 5) is 11.9. The number of carbonyl (C=O) groups excluding carboxylic acids is 1. The Kier molecular flexibility index (Phi) is 4.74. The monoisotopic (exact) mass is 270 g/mol. The molecule has 1 atom stereocenters. The molecule has 0 radical (unpaired) electrons. The third kappa shape index (κ3) is 4.10. The van der Waals surface area contributed by atoms with Gasteiger partial charge in [0.05, 0.1) is 6.04 Å². The lowest BCUT2D eigenvalue weighted by Gasteiger charge is -2.12. The number of nitrogens with one attached hydrogen (secondary N) is 1. The second-order valence-electron chi connectivity index (χ2n) is 4.67. The van der Waals surface area contributed by atoms with Crippen molar-refractivity contribution in [3.05, 3.63) is 60.2 Å². The summed E-state index contributed by atoms with van der Waals surface area (Å²) in [6.07, 6.45) is 1.36. The molecular weight excluding hydrogens is 252 g/mol. The van der Waals surface area contributed by atoms with Crippen LogP contribution in [-0.4, -0.2) is 17.1 Å². The Morgan fingerprint density at radius 1 is 1.10 bits per heavy atom. The van der Waals surface area contributed by atoms with Crippen LogP contribution in [0, 0.1) is 0 Å². The number of benzene rings is 2. The predicted molar refractivity (Wildman–Crippen MR) is 79.5 cm³/mol. The zero-order valence-corrected chi connectivity index (χ0v) is 11.1. The molecule has 104 valence electrons. The highest BCUT2D eigenvalue weighted by Gasteiger charge is 2.13. The van der Waals surface area contributed by atoms with Crippen LogP contribution in [0.25, 0.3) is 0 Å². The highest BCUT2D eigenvalue weighted by molar-refractivity contribution is 5.94. The topological polar surface area (TPSA) is 75.4 Å². The summed E-state index contributed by atoms with van der Waals surface area (Å²) in [6, 6.07) is 15.7. The van der Waals surface area contributed by atoms with Crippen LogP contribution in [0.3, 0.4) is 0 Å². The minimum absolute atomic E-state index is 0.163. The third-order valence-corrected chi connectivity index (χ3v) is 3.06. The standard InChI is InChI=1S/C16H18N2O2/c17-15(11-6-12-4-2-1-3-5-12)16(20)18-13-7-9-14(19)10-8-13/h1-5,7-10,15,19H,6,11,17H2,(H,18,20)/t15-/m0/s1. The lowest BCUT2D eigenvalue weighted by molar-refractivity contribution is -0.117. The molecule has 4 nitrogen and oxygen atoms in total. The maximum absolute atomic E-state index is 11.9. The molecule has 0 aliphatic rings. The number of carbonyl (C=O) groups is 1. The molecule has 0 unspecified atom stereocenters. The van der Waals surface area contributed by atoms with Gasteiger partial charge in [0.15, 0.2) is 0 Å². The molecular formula is C16H18N2O2. The lowest BCUT2D eigenvalue weighted by atomic mass is 10.1. The maximum Gasteiger partial charge on any atom is 0.241 e. The lowest BCUT2D eigenvalue weighted by Crippen LogP contribution is -2.35. The highest BCUT2D eigenvalue weighted by Crippen LogP contribution is 2.14. The Balaban J connectivity index is 1.84. The molecule has 2 aromatic rings. The first-order chi connectivity index (χ1) is 9.65. The molecule has 2 aromatic carbocycles. The first-order valence-electron chi connectivity index (χ1n) is 6.54. The van der Waals surface area contributed by atoms with E-state index in [1.54, 1.807) is 12.1 Å². The summed E-state index contributed by atoms with van der Waals surface area (Å²) in [7, 11) is 0. The van der Waals surface area contributed by atoms with Crippen LogP contribution >= 0.6 is 0 Å². The molecule has 0 spiro atoms. The molecule has 0 aromatic heterocycles. The van der Waals surface area contributed by atoms with Crippen molar-refractivity contribution in [3.8, 4) is 5.75 Å². The number of hydrogen-bond acceptors (Lipinski definition) is 3. The summed E-state index contributed by atoms with van der Waals surface area (Å²) < 4.78 is 0. The first-order valence-corrected chi connectivity index (χ1v) is 6.54.